The third kappa shape index (κ3) is 4.48. The van der Waals surface area contributed by atoms with Crippen molar-refractivity contribution in [2.45, 2.75) is 51.5 Å². The van der Waals surface area contributed by atoms with Gasteiger partial charge in [-0.05, 0) is 43.9 Å². The molecule has 1 fully saturated rings. The predicted octanol–water partition coefficient (Wildman–Crippen LogP) is 3.03. The fraction of sp³-hybridized carbons (Fsp3) is 0.600. The number of methoxy groups -OCH3 is 2. The van der Waals surface area contributed by atoms with Gasteiger partial charge in [0.1, 0.15) is 0 Å². The van der Waals surface area contributed by atoms with Crippen LogP contribution in [0.3, 0.4) is 0 Å². The van der Waals surface area contributed by atoms with Crippen molar-refractivity contribution in [2.75, 3.05) is 14.2 Å². The maximum Gasteiger partial charge on any atom is 0.308 e. The first-order chi connectivity index (χ1) is 12.3. The number of carbonyl (C=O) groups is 2. The third-order valence-electron chi connectivity index (χ3n) is 5.35. The van der Waals surface area contributed by atoms with E-state index in [9.17, 15) is 14.7 Å². The standard InChI is InChI=1S/C20H29NO5/c1-13(11-14-8-9-16(25-3)17(12-14)26-4)18(22)21-20(2)10-6-5-7-15(20)19(23)24/h8-9,12-13,15H,5-7,10-11H2,1-4H3,(H,21,22)(H,23,24). The summed E-state index contributed by atoms with van der Waals surface area (Å²) in [5.41, 5.74) is 0.279. The number of ether oxygens (including phenoxy) is 2. The molecule has 0 bridgehead atoms. The number of hydrogen-bond donors (Lipinski definition) is 2. The zero-order valence-electron chi connectivity index (χ0n) is 16.0. The molecule has 6 nitrogen and oxygen atoms in total. The van der Waals surface area contributed by atoms with E-state index in [4.69, 9.17) is 9.47 Å². The summed E-state index contributed by atoms with van der Waals surface area (Å²) in [5, 5.41) is 12.5. The molecule has 1 aromatic rings. The monoisotopic (exact) mass is 363 g/mol. The molecule has 1 aliphatic rings. The van der Waals surface area contributed by atoms with Gasteiger partial charge >= 0.3 is 5.97 Å². The van der Waals surface area contributed by atoms with Gasteiger partial charge < -0.3 is 19.9 Å². The molecule has 144 valence electrons. The Bertz CT molecular complexity index is 660. The van der Waals surface area contributed by atoms with Crippen LogP contribution in [0.15, 0.2) is 18.2 Å². The van der Waals surface area contributed by atoms with E-state index in [2.05, 4.69) is 5.32 Å². The molecule has 1 amide bonds. The summed E-state index contributed by atoms with van der Waals surface area (Å²) in [7, 11) is 3.16. The molecule has 3 unspecified atom stereocenters. The summed E-state index contributed by atoms with van der Waals surface area (Å²) >= 11 is 0. The van der Waals surface area contributed by atoms with Crippen LogP contribution in [0.1, 0.15) is 45.1 Å². The SMILES string of the molecule is COc1ccc(CC(C)C(=O)NC2(C)CCCCC2C(=O)O)cc1OC. The lowest BCUT2D eigenvalue weighted by Gasteiger charge is -2.40. The van der Waals surface area contributed by atoms with Crippen LogP contribution in [0.2, 0.25) is 0 Å². The Morgan fingerprint density at radius 2 is 1.96 bits per heavy atom. The Balaban J connectivity index is 2.06. The van der Waals surface area contributed by atoms with Crippen LogP contribution in [0.5, 0.6) is 11.5 Å². The number of carbonyl (C=O) groups excluding carboxylic acids is 1. The van der Waals surface area contributed by atoms with E-state index in [1.165, 1.54) is 0 Å². The lowest BCUT2D eigenvalue weighted by Crippen LogP contribution is -2.56. The minimum Gasteiger partial charge on any atom is -0.493 e. The molecule has 0 saturated heterocycles. The van der Waals surface area contributed by atoms with E-state index in [1.807, 2.05) is 32.0 Å². The molecular weight excluding hydrogens is 334 g/mol. The first-order valence-corrected chi connectivity index (χ1v) is 9.06. The number of rotatable bonds is 7. The number of hydrogen-bond acceptors (Lipinski definition) is 4. The van der Waals surface area contributed by atoms with E-state index in [0.717, 1.165) is 18.4 Å². The molecule has 6 heteroatoms. The van der Waals surface area contributed by atoms with Gasteiger partial charge in [0.2, 0.25) is 5.91 Å². The van der Waals surface area contributed by atoms with Crippen molar-refractivity contribution in [3.8, 4) is 11.5 Å². The van der Waals surface area contributed by atoms with E-state index >= 15 is 0 Å². The average Bonchev–Trinajstić information content (AvgIpc) is 2.61. The van der Waals surface area contributed by atoms with E-state index in [0.29, 0.717) is 30.8 Å². The molecule has 0 aliphatic heterocycles. The molecule has 26 heavy (non-hydrogen) atoms. The van der Waals surface area contributed by atoms with Gasteiger partial charge in [0.25, 0.3) is 0 Å². The van der Waals surface area contributed by atoms with E-state index in [1.54, 1.807) is 14.2 Å². The molecule has 1 aliphatic carbocycles. The van der Waals surface area contributed by atoms with Gasteiger partial charge in [-0.2, -0.15) is 0 Å². The molecule has 0 aromatic heterocycles. The number of carboxylic acids is 1. The molecule has 1 saturated carbocycles. The summed E-state index contributed by atoms with van der Waals surface area (Å²) in [6, 6.07) is 5.60. The van der Waals surface area contributed by atoms with Gasteiger partial charge in [0.15, 0.2) is 11.5 Å². The van der Waals surface area contributed by atoms with Crippen LogP contribution in [-0.2, 0) is 16.0 Å². The smallest absolute Gasteiger partial charge is 0.308 e. The Morgan fingerprint density at radius 3 is 2.58 bits per heavy atom. The van der Waals surface area contributed by atoms with Crippen LogP contribution in [0.25, 0.3) is 0 Å². The van der Waals surface area contributed by atoms with Gasteiger partial charge in [-0.3, -0.25) is 9.59 Å². The minimum absolute atomic E-state index is 0.115. The number of amides is 1. The predicted molar refractivity (Wildman–Crippen MR) is 98.6 cm³/mol. The van der Waals surface area contributed by atoms with Crippen molar-refractivity contribution in [2.24, 2.45) is 11.8 Å². The van der Waals surface area contributed by atoms with Crippen LogP contribution < -0.4 is 14.8 Å². The number of aliphatic carboxylic acids is 1. The molecule has 2 N–H and O–H groups in total. The molecule has 0 spiro atoms. The normalized spacial score (nSPS) is 23.8. The van der Waals surface area contributed by atoms with Crippen molar-refractivity contribution in [3.63, 3.8) is 0 Å². The van der Waals surface area contributed by atoms with Gasteiger partial charge in [-0.1, -0.05) is 25.8 Å². The topological polar surface area (TPSA) is 84.9 Å². The van der Waals surface area contributed by atoms with Crippen molar-refractivity contribution >= 4 is 11.9 Å². The summed E-state index contributed by atoms with van der Waals surface area (Å²) in [4.78, 5) is 24.3. The lowest BCUT2D eigenvalue weighted by molar-refractivity contribution is -0.147. The van der Waals surface area contributed by atoms with Crippen LogP contribution in [0, 0.1) is 11.8 Å². The van der Waals surface area contributed by atoms with Gasteiger partial charge in [0.05, 0.1) is 25.7 Å². The maximum absolute atomic E-state index is 12.7. The van der Waals surface area contributed by atoms with E-state index < -0.39 is 17.4 Å². The number of carboxylic acid groups (broad SMARTS) is 1. The fourth-order valence-electron chi connectivity index (χ4n) is 3.74. The Morgan fingerprint density at radius 1 is 1.27 bits per heavy atom. The summed E-state index contributed by atoms with van der Waals surface area (Å²) in [6.45, 7) is 3.71. The van der Waals surface area contributed by atoms with Gasteiger partial charge in [-0.25, -0.2) is 0 Å². The summed E-state index contributed by atoms with van der Waals surface area (Å²) < 4.78 is 10.5. The number of nitrogens with one attached hydrogen (secondary N) is 1. The van der Waals surface area contributed by atoms with Crippen LogP contribution >= 0.6 is 0 Å². The largest absolute Gasteiger partial charge is 0.493 e. The van der Waals surface area contributed by atoms with Crippen molar-refractivity contribution in [3.05, 3.63) is 23.8 Å². The maximum atomic E-state index is 12.7. The average molecular weight is 363 g/mol. The molecule has 0 heterocycles. The van der Waals surface area contributed by atoms with Crippen molar-refractivity contribution in [1.82, 2.24) is 5.32 Å². The molecule has 0 radical (unpaired) electrons. The van der Waals surface area contributed by atoms with Crippen molar-refractivity contribution < 1.29 is 24.2 Å². The second kappa shape index (κ2) is 8.43. The Labute approximate surface area is 154 Å². The highest BCUT2D eigenvalue weighted by Crippen LogP contribution is 2.34. The molecule has 3 atom stereocenters. The first-order valence-electron chi connectivity index (χ1n) is 9.06. The fourth-order valence-corrected chi connectivity index (χ4v) is 3.74. The van der Waals surface area contributed by atoms with Crippen molar-refractivity contribution in [1.29, 1.82) is 0 Å². The van der Waals surface area contributed by atoms with E-state index in [-0.39, 0.29) is 11.8 Å². The molecule has 1 aromatic carbocycles. The zero-order valence-corrected chi connectivity index (χ0v) is 16.0. The van der Waals surface area contributed by atoms with Crippen LogP contribution in [-0.4, -0.2) is 36.7 Å². The minimum atomic E-state index is -0.833. The lowest BCUT2D eigenvalue weighted by atomic mass is 9.73. The highest BCUT2D eigenvalue weighted by molar-refractivity contribution is 5.81. The summed E-state index contributed by atoms with van der Waals surface area (Å²) in [6.07, 6.45) is 3.67. The second-order valence-electron chi connectivity index (χ2n) is 7.34. The Hall–Kier alpha value is -2.24. The molecule has 2 rings (SSSR count). The highest BCUT2D eigenvalue weighted by Gasteiger charge is 2.42. The number of benzene rings is 1. The quantitative estimate of drug-likeness (QED) is 0.778. The second-order valence-corrected chi connectivity index (χ2v) is 7.34. The zero-order chi connectivity index (χ0) is 19.3. The summed E-state index contributed by atoms with van der Waals surface area (Å²) in [5.74, 6) is -0.486. The molecular formula is C20H29NO5. The third-order valence-corrected chi connectivity index (χ3v) is 5.35. The van der Waals surface area contributed by atoms with Crippen LogP contribution in [0.4, 0.5) is 0 Å². The highest BCUT2D eigenvalue weighted by atomic mass is 16.5. The van der Waals surface area contributed by atoms with Gasteiger partial charge in [0, 0.05) is 5.92 Å². The first kappa shape index (κ1) is 20.1. The van der Waals surface area contributed by atoms with Gasteiger partial charge in [-0.15, -0.1) is 0 Å². The Kier molecular flexibility index (Phi) is 6.51.